The quantitative estimate of drug-likeness (QED) is 0.437. The van der Waals surface area contributed by atoms with Gasteiger partial charge in [0.15, 0.2) is 5.65 Å². The van der Waals surface area contributed by atoms with Crippen LogP contribution in [0.4, 0.5) is 13.2 Å². The molecule has 0 saturated carbocycles. The second kappa shape index (κ2) is 11.5. The summed E-state index contributed by atoms with van der Waals surface area (Å²) in [6.07, 6.45) is -3.55. The first-order valence-electron chi connectivity index (χ1n) is 10.6. The SMILES string of the molecule is CCOC(=O)c1cnc2[nH]c(-c3ccc(OC(C)C)cc3OC(C)C)nc2c1.O=C(O)C(F)(F)F. The molecule has 0 atom stereocenters. The van der Waals surface area contributed by atoms with Crippen LogP contribution in [0.5, 0.6) is 11.5 Å². The minimum Gasteiger partial charge on any atom is -0.491 e. The molecule has 0 radical (unpaired) electrons. The number of benzene rings is 1. The maximum absolute atomic E-state index is 11.9. The van der Waals surface area contributed by atoms with Crippen molar-refractivity contribution in [1.29, 1.82) is 0 Å². The van der Waals surface area contributed by atoms with E-state index in [1.807, 2.05) is 45.9 Å². The van der Waals surface area contributed by atoms with Crippen molar-refractivity contribution in [2.75, 3.05) is 6.61 Å². The molecule has 3 aromatic rings. The van der Waals surface area contributed by atoms with Gasteiger partial charge in [0.1, 0.15) is 22.8 Å². The minimum atomic E-state index is -5.08. The number of aromatic nitrogens is 3. The first-order chi connectivity index (χ1) is 16.3. The Morgan fingerprint density at radius 1 is 1.09 bits per heavy atom. The zero-order chi connectivity index (χ0) is 26.3. The van der Waals surface area contributed by atoms with Gasteiger partial charge in [-0.3, -0.25) is 0 Å². The Labute approximate surface area is 199 Å². The fraction of sp³-hybridized carbons (Fsp3) is 0.391. The van der Waals surface area contributed by atoms with E-state index in [1.54, 1.807) is 13.0 Å². The maximum atomic E-state index is 11.9. The van der Waals surface area contributed by atoms with Crippen LogP contribution in [0.1, 0.15) is 45.0 Å². The third-order valence-corrected chi connectivity index (χ3v) is 4.03. The molecule has 0 aliphatic carbocycles. The Bertz CT molecular complexity index is 1180. The van der Waals surface area contributed by atoms with Gasteiger partial charge in [-0.2, -0.15) is 13.2 Å². The van der Waals surface area contributed by atoms with E-state index in [4.69, 9.17) is 24.1 Å². The van der Waals surface area contributed by atoms with Crippen LogP contribution in [0.25, 0.3) is 22.6 Å². The summed E-state index contributed by atoms with van der Waals surface area (Å²) in [6.45, 7) is 9.95. The number of hydrogen-bond donors (Lipinski definition) is 2. The number of aromatic amines is 1. The lowest BCUT2D eigenvalue weighted by molar-refractivity contribution is -0.192. The Morgan fingerprint density at radius 2 is 1.71 bits per heavy atom. The molecule has 3 rings (SSSR count). The Morgan fingerprint density at radius 3 is 2.26 bits per heavy atom. The van der Waals surface area contributed by atoms with Gasteiger partial charge in [0.2, 0.25) is 0 Å². The molecule has 2 heterocycles. The number of nitrogens with one attached hydrogen (secondary N) is 1. The number of hydrogen-bond acceptors (Lipinski definition) is 7. The molecule has 35 heavy (non-hydrogen) atoms. The molecule has 9 nitrogen and oxygen atoms in total. The average molecular weight is 497 g/mol. The highest BCUT2D eigenvalue weighted by atomic mass is 19.4. The molecule has 0 aliphatic rings. The number of carbonyl (C=O) groups is 2. The van der Waals surface area contributed by atoms with Crippen LogP contribution in [-0.2, 0) is 9.53 Å². The van der Waals surface area contributed by atoms with Crippen LogP contribution >= 0.6 is 0 Å². The fourth-order valence-corrected chi connectivity index (χ4v) is 2.74. The van der Waals surface area contributed by atoms with Gasteiger partial charge in [-0.15, -0.1) is 0 Å². The molecule has 0 saturated heterocycles. The molecular weight excluding hydrogens is 471 g/mol. The lowest BCUT2D eigenvalue weighted by Gasteiger charge is -2.16. The van der Waals surface area contributed by atoms with Crippen molar-refractivity contribution in [3.63, 3.8) is 0 Å². The molecule has 12 heteroatoms. The van der Waals surface area contributed by atoms with Gasteiger partial charge in [-0.25, -0.2) is 19.6 Å². The summed E-state index contributed by atoms with van der Waals surface area (Å²) in [5.41, 5.74) is 2.33. The highest BCUT2D eigenvalue weighted by molar-refractivity contribution is 5.92. The Kier molecular flexibility index (Phi) is 9.04. The zero-order valence-corrected chi connectivity index (χ0v) is 19.8. The number of alkyl halides is 3. The van der Waals surface area contributed by atoms with Crippen molar-refractivity contribution in [1.82, 2.24) is 15.0 Å². The van der Waals surface area contributed by atoms with E-state index < -0.39 is 18.1 Å². The number of aliphatic carboxylic acids is 1. The number of imidazole rings is 1. The molecule has 0 unspecified atom stereocenters. The maximum Gasteiger partial charge on any atom is 0.490 e. The van der Waals surface area contributed by atoms with Crippen LogP contribution in [0.15, 0.2) is 30.5 Å². The highest BCUT2D eigenvalue weighted by Crippen LogP contribution is 2.34. The van der Waals surface area contributed by atoms with Crippen molar-refractivity contribution < 1.29 is 42.1 Å². The summed E-state index contributed by atoms with van der Waals surface area (Å²) < 4.78 is 48.5. The van der Waals surface area contributed by atoms with Gasteiger partial charge in [-0.1, -0.05) is 0 Å². The summed E-state index contributed by atoms with van der Waals surface area (Å²) in [5.74, 6) is -1.17. The number of fused-ring (bicyclic) bond motifs is 1. The van der Waals surface area contributed by atoms with Gasteiger partial charge < -0.3 is 24.3 Å². The molecule has 0 amide bonds. The van der Waals surface area contributed by atoms with Gasteiger partial charge in [0, 0.05) is 12.3 Å². The number of nitrogens with zero attached hydrogens (tertiary/aromatic N) is 2. The van der Waals surface area contributed by atoms with Crippen molar-refractivity contribution >= 4 is 23.1 Å². The summed E-state index contributed by atoms with van der Waals surface area (Å²) in [6, 6.07) is 7.31. The number of H-pyrrole nitrogens is 1. The van der Waals surface area contributed by atoms with Gasteiger partial charge in [-0.05, 0) is 52.8 Å². The smallest absolute Gasteiger partial charge is 0.490 e. The molecule has 0 aliphatic heterocycles. The van der Waals surface area contributed by atoms with E-state index in [0.717, 1.165) is 11.3 Å². The summed E-state index contributed by atoms with van der Waals surface area (Å²) in [7, 11) is 0. The Balaban J connectivity index is 0.000000540. The number of rotatable bonds is 7. The van der Waals surface area contributed by atoms with Gasteiger partial charge in [0.05, 0.1) is 29.9 Å². The van der Waals surface area contributed by atoms with E-state index >= 15 is 0 Å². The largest absolute Gasteiger partial charge is 0.491 e. The summed E-state index contributed by atoms with van der Waals surface area (Å²) in [4.78, 5) is 32.9. The lowest BCUT2D eigenvalue weighted by Crippen LogP contribution is -2.21. The lowest BCUT2D eigenvalue weighted by atomic mass is 10.1. The first kappa shape index (κ1) is 27.4. The number of esters is 1. The van der Waals surface area contributed by atoms with Gasteiger partial charge in [0.25, 0.3) is 0 Å². The normalized spacial score (nSPS) is 11.3. The highest BCUT2D eigenvalue weighted by Gasteiger charge is 2.38. The van der Waals surface area contributed by atoms with Crippen LogP contribution in [-0.4, -0.2) is 57.0 Å². The van der Waals surface area contributed by atoms with E-state index in [-0.39, 0.29) is 12.2 Å². The number of carboxylic acid groups (broad SMARTS) is 1. The molecule has 2 aromatic heterocycles. The standard InChI is InChI=1S/C21H25N3O4.C2HF3O2/c1-6-26-21(25)14-9-17-20(22-11-14)24-19(23-17)16-8-7-15(27-12(2)3)10-18(16)28-13(4)5;3-2(4,5)1(6)7/h7-13H,6H2,1-5H3,(H,22,23,24);(H,6,7). The Hall–Kier alpha value is -3.83. The second-order valence-corrected chi connectivity index (χ2v) is 7.69. The van der Waals surface area contributed by atoms with Crippen LogP contribution in [0.3, 0.4) is 0 Å². The predicted molar refractivity (Wildman–Crippen MR) is 121 cm³/mol. The third kappa shape index (κ3) is 7.87. The molecule has 190 valence electrons. The number of carbonyl (C=O) groups excluding carboxylic acids is 1. The molecule has 1 aromatic carbocycles. The van der Waals surface area contributed by atoms with E-state index in [1.165, 1.54) is 6.20 Å². The number of halogens is 3. The number of carboxylic acids is 1. The summed E-state index contributed by atoms with van der Waals surface area (Å²) in [5, 5.41) is 7.12. The van der Waals surface area contributed by atoms with Crippen LogP contribution in [0.2, 0.25) is 0 Å². The zero-order valence-electron chi connectivity index (χ0n) is 19.8. The molecule has 0 fully saturated rings. The van der Waals surface area contributed by atoms with Crippen molar-refractivity contribution in [2.45, 2.75) is 53.0 Å². The molecule has 0 spiro atoms. The first-order valence-corrected chi connectivity index (χ1v) is 10.6. The monoisotopic (exact) mass is 497 g/mol. The van der Waals surface area contributed by atoms with Crippen LogP contribution < -0.4 is 9.47 Å². The molecular formula is C23H26F3N3O6. The van der Waals surface area contributed by atoms with E-state index in [0.29, 0.717) is 34.9 Å². The molecule has 2 N–H and O–H groups in total. The van der Waals surface area contributed by atoms with E-state index in [9.17, 15) is 18.0 Å². The predicted octanol–water partition coefficient (Wildman–Crippen LogP) is 5.01. The summed E-state index contributed by atoms with van der Waals surface area (Å²) >= 11 is 0. The average Bonchev–Trinajstić information content (AvgIpc) is 3.16. The van der Waals surface area contributed by atoms with Crippen LogP contribution in [0, 0.1) is 0 Å². The number of pyridine rings is 1. The minimum absolute atomic E-state index is 0.00836. The second-order valence-electron chi connectivity index (χ2n) is 7.69. The topological polar surface area (TPSA) is 124 Å². The third-order valence-electron chi connectivity index (χ3n) is 4.03. The van der Waals surface area contributed by atoms with Gasteiger partial charge >= 0.3 is 18.1 Å². The molecule has 0 bridgehead atoms. The van der Waals surface area contributed by atoms with Crippen molar-refractivity contribution in [2.24, 2.45) is 0 Å². The fourth-order valence-electron chi connectivity index (χ4n) is 2.74. The van der Waals surface area contributed by atoms with Crippen molar-refractivity contribution in [3.8, 4) is 22.9 Å². The van der Waals surface area contributed by atoms with E-state index in [2.05, 4.69) is 15.0 Å². The van der Waals surface area contributed by atoms with Crippen molar-refractivity contribution in [3.05, 3.63) is 36.0 Å². The number of ether oxygens (including phenoxy) is 3.